The number of hydrogen-bond acceptors (Lipinski definition) is 5. The van der Waals surface area contributed by atoms with Gasteiger partial charge >= 0.3 is 0 Å². The first kappa shape index (κ1) is 19.2. The Morgan fingerprint density at radius 3 is 2.74 bits per heavy atom. The van der Waals surface area contributed by atoms with Crippen LogP contribution in [0.15, 0.2) is 61.1 Å². The summed E-state index contributed by atoms with van der Waals surface area (Å²) in [6.45, 7) is 0. The zero-order valence-electron chi connectivity index (χ0n) is 17.3. The topological polar surface area (TPSA) is 95.6 Å². The van der Waals surface area contributed by atoms with Crippen LogP contribution in [0, 0.1) is 0 Å². The Labute approximate surface area is 180 Å². The lowest BCUT2D eigenvalue weighted by molar-refractivity contribution is 0.0935. The first-order valence-corrected chi connectivity index (χ1v) is 10.5. The summed E-state index contributed by atoms with van der Waals surface area (Å²) in [4.78, 5) is 29.8. The summed E-state index contributed by atoms with van der Waals surface area (Å²) >= 11 is 0. The minimum absolute atomic E-state index is 0.148. The number of H-pyrrole nitrogens is 1. The van der Waals surface area contributed by atoms with Gasteiger partial charge in [0, 0.05) is 60.5 Å². The predicted molar refractivity (Wildman–Crippen MR) is 120 cm³/mol. The lowest BCUT2D eigenvalue weighted by atomic mass is 10.0. The maximum Gasteiger partial charge on any atom is 0.251 e. The van der Waals surface area contributed by atoms with Crippen LogP contribution in [0.4, 0.5) is 5.82 Å². The SMILES string of the molecule is CNc1cc([C@@H](Cc2c[nH]c3ccccc23)NC(=O)c2ccncc2)nc(C2CC2)n1. The molecule has 1 aromatic carbocycles. The fourth-order valence-electron chi connectivity index (χ4n) is 3.81. The lowest BCUT2D eigenvalue weighted by Gasteiger charge is -2.20. The highest BCUT2D eigenvalue weighted by atomic mass is 16.1. The number of anilines is 1. The summed E-state index contributed by atoms with van der Waals surface area (Å²) in [5, 5.41) is 7.48. The Bertz CT molecular complexity index is 1220. The molecule has 1 atom stereocenters. The highest BCUT2D eigenvalue weighted by Gasteiger charge is 2.29. The molecular weight excluding hydrogens is 388 g/mol. The molecule has 1 amide bonds. The number of aromatic nitrogens is 4. The number of carbonyl (C=O) groups is 1. The summed E-state index contributed by atoms with van der Waals surface area (Å²) in [5.74, 6) is 1.89. The van der Waals surface area contributed by atoms with Crippen LogP contribution in [0.25, 0.3) is 10.9 Å². The molecule has 3 aromatic heterocycles. The van der Waals surface area contributed by atoms with E-state index in [0.29, 0.717) is 17.9 Å². The van der Waals surface area contributed by atoms with Crippen LogP contribution in [0.2, 0.25) is 0 Å². The fraction of sp³-hybridized carbons (Fsp3) is 0.250. The Morgan fingerprint density at radius 2 is 1.97 bits per heavy atom. The summed E-state index contributed by atoms with van der Waals surface area (Å²) in [6.07, 6.45) is 8.10. The molecule has 156 valence electrons. The number of rotatable bonds is 7. The van der Waals surface area contributed by atoms with Crippen molar-refractivity contribution in [2.24, 2.45) is 0 Å². The molecule has 3 N–H and O–H groups in total. The largest absolute Gasteiger partial charge is 0.373 e. The van der Waals surface area contributed by atoms with Crippen molar-refractivity contribution in [3.05, 3.63) is 83.7 Å². The van der Waals surface area contributed by atoms with Gasteiger partial charge in [0.15, 0.2) is 0 Å². The average Bonchev–Trinajstić information content (AvgIpc) is 3.60. The molecule has 7 heteroatoms. The normalized spacial score (nSPS) is 14.4. The molecule has 0 spiro atoms. The number of amides is 1. The van der Waals surface area contributed by atoms with Crippen LogP contribution in [0.1, 0.15) is 52.2 Å². The standard InChI is InChI=1S/C24H24N6O/c1-25-22-13-21(28-23(30-22)15-6-7-15)20(29-24(31)16-8-10-26-11-9-16)12-17-14-27-19-5-3-2-4-18(17)19/h2-5,8-11,13-15,20,27H,6-7,12H2,1H3,(H,29,31)(H,25,28,30)/t20-/m1/s1. The number of nitrogens with one attached hydrogen (secondary N) is 3. The zero-order valence-corrected chi connectivity index (χ0v) is 17.3. The van der Waals surface area contributed by atoms with E-state index in [2.05, 4.69) is 37.7 Å². The van der Waals surface area contributed by atoms with Gasteiger partial charge in [0.05, 0.1) is 11.7 Å². The molecule has 3 heterocycles. The van der Waals surface area contributed by atoms with E-state index >= 15 is 0 Å². The van der Waals surface area contributed by atoms with Gasteiger partial charge in [0.2, 0.25) is 0 Å². The quantitative estimate of drug-likeness (QED) is 0.427. The van der Waals surface area contributed by atoms with Crippen LogP contribution in [-0.4, -0.2) is 32.9 Å². The Kier molecular flexibility index (Phi) is 5.08. The molecule has 1 fully saturated rings. The molecule has 0 bridgehead atoms. The van der Waals surface area contributed by atoms with Gasteiger partial charge in [-0.25, -0.2) is 9.97 Å². The van der Waals surface area contributed by atoms with E-state index in [0.717, 1.165) is 46.6 Å². The van der Waals surface area contributed by atoms with Crippen LogP contribution in [0.3, 0.4) is 0 Å². The van der Waals surface area contributed by atoms with E-state index < -0.39 is 0 Å². The van der Waals surface area contributed by atoms with Crippen molar-refractivity contribution in [1.82, 2.24) is 25.3 Å². The highest BCUT2D eigenvalue weighted by Crippen LogP contribution is 2.39. The third-order valence-corrected chi connectivity index (χ3v) is 5.67. The van der Waals surface area contributed by atoms with Crippen LogP contribution < -0.4 is 10.6 Å². The smallest absolute Gasteiger partial charge is 0.251 e. The average molecular weight is 412 g/mol. The van der Waals surface area contributed by atoms with E-state index in [1.807, 2.05) is 31.4 Å². The molecule has 4 aromatic rings. The third kappa shape index (κ3) is 4.12. The van der Waals surface area contributed by atoms with Crippen LogP contribution in [0.5, 0.6) is 0 Å². The lowest BCUT2D eigenvalue weighted by Crippen LogP contribution is -2.31. The molecule has 1 saturated carbocycles. The molecule has 7 nitrogen and oxygen atoms in total. The van der Waals surface area contributed by atoms with E-state index in [1.165, 1.54) is 0 Å². The molecule has 0 unspecified atom stereocenters. The van der Waals surface area contributed by atoms with Gasteiger partial charge in [-0.15, -0.1) is 0 Å². The summed E-state index contributed by atoms with van der Waals surface area (Å²) in [7, 11) is 1.85. The first-order valence-electron chi connectivity index (χ1n) is 10.5. The van der Waals surface area contributed by atoms with Gasteiger partial charge in [0.25, 0.3) is 5.91 Å². The number of aromatic amines is 1. The molecule has 1 aliphatic rings. The second kappa shape index (κ2) is 8.18. The molecule has 0 saturated heterocycles. The third-order valence-electron chi connectivity index (χ3n) is 5.67. The Morgan fingerprint density at radius 1 is 1.16 bits per heavy atom. The first-order chi connectivity index (χ1) is 15.2. The molecular formula is C24H24N6O. The summed E-state index contributed by atoms with van der Waals surface area (Å²) in [5.41, 5.74) is 3.60. The van der Waals surface area contributed by atoms with E-state index in [4.69, 9.17) is 4.98 Å². The maximum absolute atomic E-state index is 13.0. The van der Waals surface area contributed by atoms with Crippen molar-refractivity contribution >= 4 is 22.6 Å². The highest BCUT2D eigenvalue weighted by molar-refractivity contribution is 5.94. The van der Waals surface area contributed by atoms with Gasteiger partial charge in [-0.05, 0) is 36.6 Å². The van der Waals surface area contributed by atoms with Crippen molar-refractivity contribution in [2.45, 2.75) is 31.2 Å². The fourth-order valence-corrected chi connectivity index (χ4v) is 3.81. The summed E-state index contributed by atoms with van der Waals surface area (Å²) in [6, 6.07) is 13.2. The van der Waals surface area contributed by atoms with Crippen LogP contribution >= 0.6 is 0 Å². The summed E-state index contributed by atoms with van der Waals surface area (Å²) < 4.78 is 0. The Balaban J connectivity index is 1.52. The Hall–Kier alpha value is -3.74. The van der Waals surface area contributed by atoms with Gasteiger partial charge < -0.3 is 15.6 Å². The number of fused-ring (bicyclic) bond motifs is 1. The van der Waals surface area contributed by atoms with Crippen molar-refractivity contribution in [3.63, 3.8) is 0 Å². The van der Waals surface area contributed by atoms with Crippen molar-refractivity contribution in [1.29, 1.82) is 0 Å². The van der Waals surface area contributed by atoms with Gasteiger partial charge in [-0.2, -0.15) is 0 Å². The van der Waals surface area contributed by atoms with Gasteiger partial charge in [-0.3, -0.25) is 9.78 Å². The van der Waals surface area contributed by atoms with E-state index in [-0.39, 0.29) is 11.9 Å². The van der Waals surface area contributed by atoms with Crippen LogP contribution in [-0.2, 0) is 6.42 Å². The number of nitrogens with zero attached hydrogens (tertiary/aromatic N) is 3. The van der Waals surface area contributed by atoms with Crippen molar-refractivity contribution in [2.75, 3.05) is 12.4 Å². The van der Waals surface area contributed by atoms with Crippen molar-refractivity contribution in [3.8, 4) is 0 Å². The molecule has 0 radical (unpaired) electrons. The number of benzene rings is 1. The minimum atomic E-state index is -0.299. The zero-order chi connectivity index (χ0) is 21.2. The molecule has 5 rings (SSSR count). The number of para-hydroxylation sites is 1. The molecule has 1 aliphatic carbocycles. The number of carbonyl (C=O) groups excluding carboxylic acids is 1. The molecule has 0 aliphatic heterocycles. The van der Waals surface area contributed by atoms with Gasteiger partial charge in [0.1, 0.15) is 11.6 Å². The van der Waals surface area contributed by atoms with Gasteiger partial charge in [-0.1, -0.05) is 18.2 Å². The minimum Gasteiger partial charge on any atom is -0.373 e. The second-order valence-electron chi connectivity index (χ2n) is 7.89. The maximum atomic E-state index is 13.0. The van der Waals surface area contributed by atoms with E-state index in [9.17, 15) is 4.79 Å². The predicted octanol–water partition coefficient (Wildman–Crippen LogP) is 3.99. The number of hydrogen-bond donors (Lipinski definition) is 3. The molecule has 31 heavy (non-hydrogen) atoms. The van der Waals surface area contributed by atoms with Crippen molar-refractivity contribution < 1.29 is 4.79 Å². The van der Waals surface area contributed by atoms with E-state index in [1.54, 1.807) is 24.5 Å². The number of pyridine rings is 1. The second-order valence-corrected chi connectivity index (χ2v) is 7.89. The monoisotopic (exact) mass is 412 g/mol.